The third-order valence-corrected chi connectivity index (χ3v) is 2.83. The number of benzene rings is 1. The van der Waals surface area contributed by atoms with Gasteiger partial charge in [0.25, 0.3) is 0 Å². The van der Waals surface area contributed by atoms with Crippen LogP contribution in [-0.4, -0.2) is 31.2 Å². The maximum absolute atomic E-state index is 11.3. The first-order valence-corrected chi connectivity index (χ1v) is 5.37. The lowest BCUT2D eigenvalue weighted by Crippen LogP contribution is -2.31. The fraction of sp³-hybridized carbons (Fsp3) is 0.250. The van der Waals surface area contributed by atoms with E-state index >= 15 is 0 Å². The van der Waals surface area contributed by atoms with Gasteiger partial charge in [0.1, 0.15) is 16.9 Å². The quantitative estimate of drug-likeness (QED) is 0.854. The van der Waals surface area contributed by atoms with Crippen molar-refractivity contribution in [3.63, 3.8) is 0 Å². The predicted molar refractivity (Wildman–Crippen MR) is 63.7 cm³/mol. The van der Waals surface area contributed by atoms with Gasteiger partial charge >= 0.3 is 5.97 Å². The van der Waals surface area contributed by atoms with Crippen molar-refractivity contribution in [3.05, 3.63) is 36.2 Å². The molecule has 18 heavy (non-hydrogen) atoms. The Morgan fingerprint density at radius 3 is 2.61 bits per heavy atom. The van der Waals surface area contributed by atoms with E-state index in [4.69, 9.17) is 0 Å². The van der Waals surface area contributed by atoms with E-state index in [0.717, 1.165) is 0 Å². The molecule has 0 unspecified atom stereocenters. The summed E-state index contributed by atoms with van der Waals surface area (Å²) in [6.45, 7) is 3.12. The van der Waals surface area contributed by atoms with Crippen molar-refractivity contribution < 1.29 is 15.0 Å². The number of rotatable bonds is 3. The molecule has 1 aromatic heterocycles. The average molecular weight is 247 g/mol. The summed E-state index contributed by atoms with van der Waals surface area (Å²) in [6, 6.07) is 6.56. The van der Waals surface area contributed by atoms with E-state index in [1.807, 2.05) is 0 Å². The number of aliphatic carboxylic acids is 1. The third kappa shape index (κ3) is 1.81. The zero-order valence-electron chi connectivity index (χ0n) is 10.0. The van der Waals surface area contributed by atoms with Crippen molar-refractivity contribution in [2.45, 2.75) is 19.3 Å². The van der Waals surface area contributed by atoms with Crippen LogP contribution in [0.2, 0.25) is 0 Å². The molecule has 2 aromatic rings. The highest BCUT2D eigenvalue weighted by atomic mass is 16.4. The number of aromatic hydroxyl groups is 1. The van der Waals surface area contributed by atoms with E-state index in [-0.39, 0.29) is 5.75 Å². The minimum absolute atomic E-state index is 0.0189. The van der Waals surface area contributed by atoms with E-state index < -0.39 is 11.4 Å². The van der Waals surface area contributed by atoms with Crippen molar-refractivity contribution in [2.24, 2.45) is 0 Å². The monoisotopic (exact) mass is 247 g/mol. The summed E-state index contributed by atoms with van der Waals surface area (Å²) in [5, 5.41) is 26.6. The van der Waals surface area contributed by atoms with Crippen LogP contribution in [0.25, 0.3) is 5.69 Å². The Morgan fingerprint density at radius 1 is 1.33 bits per heavy atom. The zero-order chi connectivity index (χ0) is 13.3. The lowest BCUT2D eigenvalue weighted by Gasteiger charge is -2.19. The van der Waals surface area contributed by atoms with Gasteiger partial charge in [-0.1, -0.05) is 17.3 Å². The molecule has 0 bridgehead atoms. The molecular weight excluding hydrogens is 234 g/mol. The molecule has 2 N–H and O–H groups in total. The predicted octanol–water partition coefficient (Wildman–Crippen LogP) is 1.34. The molecule has 0 radical (unpaired) electrons. The van der Waals surface area contributed by atoms with Crippen LogP contribution in [0.1, 0.15) is 19.5 Å². The fourth-order valence-corrected chi connectivity index (χ4v) is 1.59. The SMILES string of the molecule is CC(C)(C(=O)O)c1cnnn1-c1ccccc1O. The normalized spacial score (nSPS) is 11.4. The van der Waals surface area contributed by atoms with Crippen LogP contribution in [0.3, 0.4) is 0 Å². The van der Waals surface area contributed by atoms with Gasteiger partial charge in [-0.05, 0) is 26.0 Å². The first-order chi connectivity index (χ1) is 8.44. The lowest BCUT2D eigenvalue weighted by molar-refractivity contribution is -0.142. The van der Waals surface area contributed by atoms with Crippen molar-refractivity contribution in [1.29, 1.82) is 0 Å². The summed E-state index contributed by atoms with van der Waals surface area (Å²) in [5.41, 5.74) is -0.345. The van der Waals surface area contributed by atoms with Crippen LogP contribution < -0.4 is 0 Å². The van der Waals surface area contributed by atoms with Gasteiger partial charge in [0.15, 0.2) is 0 Å². The van der Waals surface area contributed by atoms with Gasteiger partial charge in [-0.25, -0.2) is 4.68 Å². The Balaban J connectivity index is 2.60. The van der Waals surface area contributed by atoms with Crippen molar-refractivity contribution >= 4 is 5.97 Å². The Hall–Kier alpha value is -2.37. The summed E-state index contributed by atoms with van der Waals surface area (Å²) in [6.07, 6.45) is 1.39. The largest absolute Gasteiger partial charge is 0.506 e. The molecular formula is C12H13N3O3. The Kier molecular flexibility index (Phi) is 2.78. The van der Waals surface area contributed by atoms with Gasteiger partial charge in [-0.3, -0.25) is 4.79 Å². The summed E-state index contributed by atoms with van der Waals surface area (Å²) >= 11 is 0. The van der Waals surface area contributed by atoms with Crippen molar-refractivity contribution in [1.82, 2.24) is 15.0 Å². The van der Waals surface area contributed by atoms with Crippen LogP contribution in [0.5, 0.6) is 5.75 Å². The molecule has 2 rings (SSSR count). The number of aromatic nitrogens is 3. The number of carboxylic acid groups (broad SMARTS) is 1. The van der Waals surface area contributed by atoms with Crippen LogP contribution in [0.15, 0.2) is 30.5 Å². The third-order valence-electron chi connectivity index (χ3n) is 2.83. The van der Waals surface area contributed by atoms with Crippen molar-refractivity contribution in [3.8, 4) is 11.4 Å². The number of hydrogen-bond acceptors (Lipinski definition) is 4. The molecule has 0 spiro atoms. The van der Waals surface area contributed by atoms with Crippen molar-refractivity contribution in [2.75, 3.05) is 0 Å². The molecule has 1 aromatic carbocycles. The fourth-order valence-electron chi connectivity index (χ4n) is 1.59. The number of phenolic OH excluding ortho intramolecular Hbond substituents is 1. The molecule has 6 nitrogen and oxygen atoms in total. The Morgan fingerprint density at radius 2 is 2.00 bits per heavy atom. The van der Waals surface area contributed by atoms with Crippen LogP contribution in [-0.2, 0) is 10.2 Å². The first-order valence-electron chi connectivity index (χ1n) is 5.37. The molecule has 1 heterocycles. The minimum atomic E-state index is -1.15. The highest BCUT2D eigenvalue weighted by Gasteiger charge is 2.34. The standard InChI is InChI=1S/C12H13N3O3/c1-12(2,11(17)18)10-7-13-14-15(10)8-5-3-4-6-9(8)16/h3-7,16H,1-2H3,(H,17,18). The molecule has 0 aliphatic rings. The smallest absolute Gasteiger partial charge is 0.315 e. The summed E-state index contributed by atoms with van der Waals surface area (Å²) < 4.78 is 1.34. The van der Waals surface area contributed by atoms with E-state index in [9.17, 15) is 15.0 Å². The maximum Gasteiger partial charge on any atom is 0.315 e. The number of nitrogens with zero attached hydrogens (tertiary/aromatic N) is 3. The summed E-state index contributed by atoms with van der Waals surface area (Å²) in [7, 11) is 0. The van der Waals surface area contributed by atoms with E-state index in [1.54, 1.807) is 32.0 Å². The molecule has 0 atom stereocenters. The van der Waals surface area contributed by atoms with Gasteiger partial charge in [-0.15, -0.1) is 5.10 Å². The second kappa shape index (κ2) is 4.14. The highest BCUT2D eigenvalue weighted by Crippen LogP contribution is 2.28. The van der Waals surface area contributed by atoms with Crippen LogP contribution in [0.4, 0.5) is 0 Å². The van der Waals surface area contributed by atoms with Gasteiger partial charge in [0.2, 0.25) is 0 Å². The van der Waals surface area contributed by atoms with E-state index in [2.05, 4.69) is 10.3 Å². The van der Waals surface area contributed by atoms with Gasteiger partial charge in [0.05, 0.1) is 11.9 Å². The molecule has 0 amide bonds. The molecule has 0 aliphatic carbocycles. The number of carbonyl (C=O) groups is 1. The second-order valence-corrected chi connectivity index (χ2v) is 4.45. The number of hydrogen-bond donors (Lipinski definition) is 2. The number of carboxylic acids is 1. The summed E-state index contributed by atoms with van der Waals surface area (Å²) in [5.74, 6) is -0.966. The highest BCUT2D eigenvalue weighted by molar-refractivity contribution is 5.79. The molecule has 0 aliphatic heterocycles. The van der Waals surface area contributed by atoms with Gasteiger partial charge < -0.3 is 10.2 Å². The van der Waals surface area contributed by atoms with Gasteiger partial charge in [-0.2, -0.15) is 0 Å². The minimum Gasteiger partial charge on any atom is -0.506 e. The summed E-state index contributed by atoms with van der Waals surface area (Å²) in [4.78, 5) is 11.3. The number of phenols is 1. The Labute approximate surface area is 103 Å². The molecule has 0 saturated heterocycles. The molecule has 0 fully saturated rings. The van der Waals surface area contributed by atoms with E-state index in [1.165, 1.54) is 16.9 Å². The molecule has 94 valence electrons. The van der Waals surface area contributed by atoms with E-state index in [0.29, 0.717) is 11.4 Å². The average Bonchev–Trinajstić information content (AvgIpc) is 2.78. The topological polar surface area (TPSA) is 88.2 Å². The molecule has 6 heteroatoms. The zero-order valence-corrected chi connectivity index (χ0v) is 10.0. The Bertz CT molecular complexity index is 590. The van der Waals surface area contributed by atoms with Gasteiger partial charge in [0, 0.05) is 0 Å². The van der Waals surface area contributed by atoms with Crippen LogP contribution in [0, 0.1) is 0 Å². The lowest BCUT2D eigenvalue weighted by atomic mass is 9.90. The molecule has 0 saturated carbocycles. The maximum atomic E-state index is 11.3. The van der Waals surface area contributed by atoms with Crippen LogP contribution >= 0.6 is 0 Å². The second-order valence-electron chi connectivity index (χ2n) is 4.45. The number of para-hydroxylation sites is 2. The first kappa shape index (κ1) is 12.1.